The van der Waals surface area contributed by atoms with Crippen molar-refractivity contribution in [3.8, 4) is 28.7 Å². The number of rotatable bonds is 12. The number of ether oxygens (including phenoxy) is 4. The van der Waals surface area contributed by atoms with Gasteiger partial charge in [-0.15, -0.1) is 0 Å². The van der Waals surface area contributed by atoms with Crippen LogP contribution in [0.25, 0.3) is 11.5 Å². The first-order chi connectivity index (χ1) is 20.5. The van der Waals surface area contributed by atoms with Gasteiger partial charge >= 0.3 is 5.97 Å². The van der Waals surface area contributed by atoms with Crippen LogP contribution in [0.15, 0.2) is 108 Å². The summed E-state index contributed by atoms with van der Waals surface area (Å²) in [4.78, 5) is 29.3. The molecule has 4 aromatic carbocycles. The topological polar surface area (TPSA) is 97.1 Å². The second-order valence-electron chi connectivity index (χ2n) is 9.33. The number of ketones is 1. The fraction of sp³-hybridized carbons (Fsp3) is 0.147. The monoisotopic (exact) mass is 563 g/mol. The number of nitrogens with zero attached hydrogens (tertiary/aromatic N) is 1. The molecule has 42 heavy (non-hydrogen) atoms. The van der Waals surface area contributed by atoms with E-state index >= 15 is 0 Å². The third kappa shape index (κ3) is 7.03. The van der Waals surface area contributed by atoms with E-state index in [1.54, 1.807) is 42.5 Å². The predicted octanol–water partition coefficient (Wildman–Crippen LogP) is 6.59. The molecule has 0 saturated carbocycles. The van der Waals surface area contributed by atoms with Gasteiger partial charge in [0, 0.05) is 17.2 Å². The lowest BCUT2D eigenvalue weighted by molar-refractivity contribution is -0.142. The Bertz CT molecular complexity index is 1650. The molecule has 212 valence electrons. The van der Waals surface area contributed by atoms with E-state index in [4.69, 9.17) is 18.6 Å². The minimum absolute atomic E-state index is 0.227. The first-order valence-electron chi connectivity index (χ1n) is 13.3. The van der Waals surface area contributed by atoms with Crippen LogP contribution < -0.4 is 14.2 Å². The van der Waals surface area contributed by atoms with Crippen molar-refractivity contribution in [3.63, 3.8) is 0 Å². The lowest BCUT2D eigenvalue weighted by Gasteiger charge is -2.13. The Morgan fingerprint density at radius 2 is 1.43 bits per heavy atom. The number of hydrogen-bond donors (Lipinski definition) is 0. The van der Waals surface area contributed by atoms with Crippen molar-refractivity contribution in [1.82, 2.24) is 4.98 Å². The van der Waals surface area contributed by atoms with Crippen LogP contribution in [-0.2, 0) is 22.7 Å². The summed E-state index contributed by atoms with van der Waals surface area (Å²) in [6, 6.07) is 31.0. The molecule has 5 aromatic rings. The van der Waals surface area contributed by atoms with Crippen LogP contribution >= 0.6 is 0 Å². The van der Waals surface area contributed by atoms with Gasteiger partial charge < -0.3 is 23.4 Å². The summed E-state index contributed by atoms with van der Waals surface area (Å²) in [5.74, 6) is 1.89. The maximum atomic E-state index is 13.1. The van der Waals surface area contributed by atoms with Gasteiger partial charge in [0.05, 0.1) is 12.7 Å². The van der Waals surface area contributed by atoms with E-state index in [-0.39, 0.29) is 31.4 Å². The molecule has 0 aliphatic carbocycles. The SMILES string of the molecule is COC(=O)COc1cc(OCc2ccc(OCc3nc(-c4ccccc4)oc3C)cc2)ccc1C(=O)c1ccccc1. The van der Waals surface area contributed by atoms with E-state index < -0.39 is 5.97 Å². The van der Waals surface area contributed by atoms with Crippen LogP contribution in [-0.4, -0.2) is 30.5 Å². The second kappa shape index (κ2) is 13.3. The third-order valence-electron chi connectivity index (χ3n) is 6.42. The number of aryl methyl sites for hydroxylation is 1. The largest absolute Gasteiger partial charge is 0.489 e. The molecule has 0 amide bonds. The molecule has 1 heterocycles. The molecule has 0 bridgehead atoms. The number of esters is 1. The summed E-state index contributed by atoms with van der Waals surface area (Å²) in [6.45, 7) is 2.08. The number of carbonyl (C=O) groups excluding carboxylic acids is 2. The lowest BCUT2D eigenvalue weighted by Crippen LogP contribution is -2.14. The van der Waals surface area contributed by atoms with Crippen LogP contribution in [0.1, 0.15) is 32.9 Å². The average molecular weight is 564 g/mol. The highest BCUT2D eigenvalue weighted by Gasteiger charge is 2.17. The quantitative estimate of drug-likeness (QED) is 0.124. The zero-order valence-corrected chi connectivity index (χ0v) is 23.2. The fourth-order valence-corrected chi connectivity index (χ4v) is 4.11. The summed E-state index contributed by atoms with van der Waals surface area (Å²) in [6.07, 6.45) is 0. The van der Waals surface area contributed by atoms with E-state index in [9.17, 15) is 9.59 Å². The molecule has 1 aromatic heterocycles. The van der Waals surface area contributed by atoms with Gasteiger partial charge in [0.25, 0.3) is 0 Å². The van der Waals surface area contributed by atoms with E-state index in [0.29, 0.717) is 34.3 Å². The average Bonchev–Trinajstić information content (AvgIpc) is 3.42. The van der Waals surface area contributed by atoms with Gasteiger partial charge in [-0.05, 0) is 48.9 Å². The number of oxazole rings is 1. The maximum Gasteiger partial charge on any atom is 0.343 e. The first kappa shape index (κ1) is 28.2. The van der Waals surface area contributed by atoms with Gasteiger partial charge in [-0.2, -0.15) is 0 Å². The molecule has 8 heteroatoms. The summed E-state index contributed by atoms with van der Waals surface area (Å²) in [5, 5.41) is 0. The summed E-state index contributed by atoms with van der Waals surface area (Å²) >= 11 is 0. The number of benzene rings is 4. The Morgan fingerprint density at radius 1 is 0.762 bits per heavy atom. The predicted molar refractivity (Wildman–Crippen MR) is 156 cm³/mol. The maximum absolute atomic E-state index is 13.1. The van der Waals surface area contributed by atoms with Gasteiger partial charge in [-0.25, -0.2) is 9.78 Å². The standard InChI is InChI=1S/C34H29NO7/c1-23-30(35-34(42-23)26-11-7-4-8-12-26)21-40-27-15-13-24(14-16-27)20-39-28-17-18-29(31(19-28)41-22-32(36)38-2)33(37)25-9-5-3-6-10-25/h3-19H,20-22H2,1-2H3. The Hall–Kier alpha value is -5.37. The molecular weight excluding hydrogens is 534 g/mol. The smallest absolute Gasteiger partial charge is 0.343 e. The summed E-state index contributed by atoms with van der Waals surface area (Å²) in [5.41, 5.74) is 3.38. The molecule has 0 N–H and O–H groups in total. The molecule has 8 nitrogen and oxygen atoms in total. The van der Waals surface area contributed by atoms with Crippen LogP contribution in [0, 0.1) is 6.92 Å². The minimum Gasteiger partial charge on any atom is -0.489 e. The highest BCUT2D eigenvalue weighted by molar-refractivity contribution is 6.10. The van der Waals surface area contributed by atoms with Crippen molar-refractivity contribution in [2.24, 2.45) is 0 Å². The van der Waals surface area contributed by atoms with E-state index in [1.807, 2.05) is 67.6 Å². The van der Waals surface area contributed by atoms with Crippen molar-refractivity contribution in [3.05, 3.63) is 131 Å². The van der Waals surface area contributed by atoms with E-state index in [0.717, 1.165) is 16.8 Å². The zero-order chi connectivity index (χ0) is 29.3. The molecule has 0 radical (unpaired) electrons. The van der Waals surface area contributed by atoms with Crippen LogP contribution in [0.5, 0.6) is 17.2 Å². The molecule has 0 unspecified atom stereocenters. The molecule has 0 spiro atoms. The van der Waals surface area contributed by atoms with Gasteiger partial charge in [0.1, 0.15) is 41.9 Å². The molecule has 0 fully saturated rings. The lowest BCUT2D eigenvalue weighted by atomic mass is 10.0. The van der Waals surface area contributed by atoms with E-state index in [1.165, 1.54) is 7.11 Å². The van der Waals surface area contributed by atoms with Gasteiger partial charge in [0.2, 0.25) is 5.89 Å². The van der Waals surface area contributed by atoms with Crippen molar-refractivity contribution >= 4 is 11.8 Å². The van der Waals surface area contributed by atoms with Gasteiger partial charge in [-0.3, -0.25) is 4.79 Å². The van der Waals surface area contributed by atoms with Crippen LogP contribution in [0.3, 0.4) is 0 Å². The van der Waals surface area contributed by atoms with Crippen LogP contribution in [0.4, 0.5) is 0 Å². The first-order valence-corrected chi connectivity index (χ1v) is 13.3. The minimum atomic E-state index is -0.558. The summed E-state index contributed by atoms with van der Waals surface area (Å²) < 4.78 is 28.0. The van der Waals surface area contributed by atoms with Crippen LogP contribution in [0.2, 0.25) is 0 Å². The number of carbonyl (C=O) groups is 2. The molecule has 0 aliphatic rings. The van der Waals surface area contributed by atoms with Crippen molar-refractivity contribution in [2.75, 3.05) is 13.7 Å². The molecule has 0 atom stereocenters. The molecule has 0 saturated heterocycles. The second-order valence-corrected chi connectivity index (χ2v) is 9.33. The van der Waals surface area contributed by atoms with E-state index in [2.05, 4.69) is 9.72 Å². The van der Waals surface area contributed by atoms with Crippen molar-refractivity contribution in [2.45, 2.75) is 20.1 Å². The van der Waals surface area contributed by atoms with Gasteiger partial charge in [0.15, 0.2) is 12.4 Å². The number of methoxy groups -OCH3 is 1. The van der Waals surface area contributed by atoms with Gasteiger partial charge in [-0.1, -0.05) is 60.7 Å². The zero-order valence-electron chi connectivity index (χ0n) is 23.2. The number of aromatic nitrogens is 1. The molecular formula is C34H29NO7. The Morgan fingerprint density at radius 3 is 2.14 bits per heavy atom. The fourth-order valence-electron chi connectivity index (χ4n) is 4.11. The Labute approximate surface area is 243 Å². The molecule has 5 rings (SSSR count). The van der Waals surface area contributed by atoms with Crippen molar-refractivity contribution in [1.29, 1.82) is 0 Å². The third-order valence-corrected chi connectivity index (χ3v) is 6.42. The Kier molecular flexibility index (Phi) is 8.94. The number of hydrogen-bond acceptors (Lipinski definition) is 8. The summed E-state index contributed by atoms with van der Waals surface area (Å²) in [7, 11) is 1.27. The van der Waals surface area contributed by atoms with Crippen molar-refractivity contribution < 1.29 is 33.0 Å². The Balaban J connectivity index is 1.21. The normalized spacial score (nSPS) is 10.6. The highest BCUT2D eigenvalue weighted by Crippen LogP contribution is 2.28. The molecule has 0 aliphatic heterocycles. The highest BCUT2D eigenvalue weighted by atomic mass is 16.6.